The van der Waals surface area contributed by atoms with Crippen LogP contribution in [-0.2, 0) is 6.54 Å². The maximum absolute atomic E-state index is 8.52. The number of aromatic nitrogens is 2. The summed E-state index contributed by atoms with van der Waals surface area (Å²) >= 11 is 0. The SMILES string of the molecule is Cc1cc(C)c(C#N)cn1.Cc1cc(C)c(CN)cn1. The predicted octanol–water partition coefficient (Wildman–Crippen LogP) is 2.73. The second-order valence-electron chi connectivity index (χ2n) is 4.71. The molecule has 0 fully saturated rings. The highest BCUT2D eigenvalue weighted by Gasteiger charge is 1.95. The van der Waals surface area contributed by atoms with Gasteiger partial charge in [0.2, 0.25) is 0 Å². The molecule has 0 spiro atoms. The summed E-state index contributed by atoms with van der Waals surface area (Å²) in [5.74, 6) is 0. The Bertz CT molecular complexity index is 627. The van der Waals surface area contributed by atoms with Gasteiger partial charge in [-0.3, -0.25) is 9.97 Å². The lowest BCUT2D eigenvalue weighted by molar-refractivity contribution is 1.01. The third-order valence-electron chi connectivity index (χ3n) is 2.94. The molecule has 0 atom stereocenters. The second-order valence-corrected chi connectivity index (χ2v) is 4.71. The fourth-order valence-electron chi connectivity index (χ4n) is 1.75. The van der Waals surface area contributed by atoms with Crippen molar-refractivity contribution in [2.24, 2.45) is 5.73 Å². The van der Waals surface area contributed by atoms with Crippen LogP contribution in [0.2, 0.25) is 0 Å². The van der Waals surface area contributed by atoms with Gasteiger partial charge < -0.3 is 5.73 Å². The molecular weight excluding hydrogens is 248 g/mol. The van der Waals surface area contributed by atoms with Gasteiger partial charge in [-0.1, -0.05) is 0 Å². The molecular formula is C16H20N4. The van der Waals surface area contributed by atoms with Crippen molar-refractivity contribution in [2.45, 2.75) is 34.2 Å². The first kappa shape index (κ1) is 15.8. The maximum Gasteiger partial charge on any atom is 0.101 e. The first-order valence-corrected chi connectivity index (χ1v) is 6.43. The van der Waals surface area contributed by atoms with Gasteiger partial charge in [0.25, 0.3) is 0 Å². The molecule has 4 heteroatoms. The Labute approximate surface area is 120 Å². The Morgan fingerprint density at radius 1 is 1.00 bits per heavy atom. The van der Waals surface area contributed by atoms with Gasteiger partial charge in [-0.15, -0.1) is 0 Å². The van der Waals surface area contributed by atoms with Gasteiger partial charge >= 0.3 is 0 Å². The second kappa shape index (κ2) is 7.37. The number of nitriles is 1. The molecule has 0 radical (unpaired) electrons. The molecule has 104 valence electrons. The summed E-state index contributed by atoms with van der Waals surface area (Å²) in [5.41, 5.74) is 11.5. The highest BCUT2D eigenvalue weighted by Crippen LogP contribution is 2.06. The van der Waals surface area contributed by atoms with Crippen molar-refractivity contribution in [3.8, 4) is 6.07 Å². The average molecular weight is 268 g/mol. The molecule has 2 rings (SSSR count). The van der Waals surface area contributed by atoms with Crippen molar-refractivity contribution in [2.75, 3.05) is 0 Å². The lowest BCUT2D eigenvalue weighted by atomic mass is 10.1. The van der Waals surface area contributed by atoms with Crippen LogP contribution in [-0.4, -0.2) is 9.97 Å². The molecule has 0 aliphatic rings. The molecule has 2 N–H and O–H groups in total. The fourth-order valence-corrected chi connectivity index (χ4v) is 1.75. The molecule has 4 nitrogen and oxygen atoms in total. The summed E-state index contributed by atoms with van der Waals surface area (Å²) in [5, 5.41) is 8.52. The van der Waals surface area contributed by atoms with E-state index in [0.717, 1.165) is 22.5 Å². The zero-order valence-electron chi connectivity index (χ0n) is 12.4. The first-order chi connectivity index (χ1) is 9.47. The Kier molecular flexibility index (Phi) is 5.82. The highest BCUT2D eigenvalue weighted by molar-refractivity contribution is 5.34. The zero-order chi connectivity index (χ0) is 15.1. The van der Waals surface area contributed by atoms with E-state index in [9.17, 15) is 0 Å². The van der Waals surface area contributed by atoms with Gasteiger partial charge in [-0.2, -0.15) is 5.26 Å². The summed E-state index contributed by atoms with van der Waals surface area (Å²) < 4.78 is 0. The molecule has 0 unspecified atom stereocenters. The van der Waals surface area contributed by atoms with Crippen LogP contribution in [0.15, 0.2) is 24.5 Å². The van der Waals surface area contributed by atoms with E-state index < -0.39 is 0 Å². The molecule has 0 bridgehead atoms. The van der Waals surface area contributed by atoms with E-state index in [2.05, 4.69) is 23.0 Å². The van der Waals surface area contributed by atoms with Crippen LogP contribution in [0.25, 0.3) is 0 Å². The average Bonchev–Trinajstić information content (AvgIpc) is 2.40. The highest BCUT2D eigenvalue weighted by atomic mass is 14.7. The van der Waals surface area contributed by atoms with Crippen LogP contribution in [0.4, 0.5) is 0 Å². The number of rotatable bonds is 1. The number of nitrogens with zero attached hydrogens (tertiary/aromatic N) is 3. The third kappa shape index (κ3) is 4.45. The smallest absolute Gasteiger partial charge is 0.101 e. The minimum atomic E-state index is 0.582. The Balaban J connectivity index is 0.000000200. The van der Waals surface area contributed by atoms with Crippen LogP contribution < -0.4 is 5.73 Å². The summed E-state index contributed by atoms with van der Waals surface area (Å²) in [6.07, 6.45) is 3.44. The summed E-state index contributed by atoms with van der Waals surface area (Å²) in [6, 6.07) is 6.01. The molecule has 0 saturated heterocycles. The molecule has 0 amide bonds. The minimum Gasteiger partial charge on any atom is -0.326 e. The topological polar surface area (TPSA) is 75.6 Å². The molecule has 0 aliphatic carbocycles. The van der Waals surface area contributed by atoms with E-state index in [-0.39, 0.29) is 0 Å². The van der Waals surface area contributed by atoms with Crippen LogP contribution >= 0.6 is 0 Å². The Morgan fingerprint density at radius 3 is 2.00 bits per heavy atom. The van der Waals surface area contributed by atoms with E-state index in [1.54, 1.807) is 6.20 Å². The van der Waals surface area contributed by atoms with Crippen molar-refractivity contribution >= 4 is 0 Å². The van der Waals surface area contributed by atoms with Crippen LogP contribution in [0.3, 0.4) is 0 Å². The molecule has 0 aromatic carbocycles. The molecule has 2 aromatic heterocycles. The fraction of sp³-hybridized carbons (Fsp3) is 0.312. The third-order valence-corrected chi connectivity index (χ3v) is 2.94. The number of hydrogen-bond acceptors (Lipinski definition) is 4. The standard InChI is InChI=1S/C8H12N2.C8H8N2/c2*1-6-3-7(2)10-5-8(6)4-9/h3,5H,4,9H2,1-2H3;3,5H,1-2H3. The van der Waals surface area contributed by atoms with Crippen molar-refractivity contribution < 1.29 is 0 Å². The van der Waals surface area contributed by atoms with Crippen LogP contribution in [0, 0.1) is 39.0 Å². The van der Waals surface area contributed by atoms with Crippen molar-refractivity contribution in [1.82, 2.24) is 9.97 Å². The molecule has 0 aliphatic heterocycles. The van der Waals surface area contributed by atoms with Crippen molar-refractivity contribution in [1.29, 1.82) is 5.26 Å². The van der Waals surface area contributed by atoms with E-state index in [0.29, 0.717) is 12.1 Å². The summed E-state index contributed by atoms with van der Waals surface area (Å²) in [7, 11) is 0. The number of hydrogen-bond donors (Lipinski definition) is 1. The van der Waals surface area contributed by atoms with E-state index >= 15 is 0 Å². The lowest BCUT2D eigenvalue weighted by Crippen LogP contribution is -2.00. The normalized spacial score (nSPS) is 9.40. The number of aryl methyl sites for hydroxylation is 4. The van der Waals surface area contributed by atoms with Crippen LogP contribution in [0.5, 0.6) is 0 Å². The maximum atomic E-state index is 8.52. The van der Waals surface area contributed by atoms with Gasteiger partial charge in [0, 0.05) is 30.3 Å². The molecule has 2 heterocycles. The minimum absolute atomic E-state index is 0.582. The molecule has 0 saturated carbocycles. The van der Waals surface area contributed by atoms with E-state index in [1.807, 2.05) is 39.1 Å². The van der Waals surface area contributed by atoms with Gasteiger partial charge in [-0.25, -0.2) is 0 Å². The van der Waals surface area contributed by atoms with Gasteiger partial charge in [0.05, 0.1) is 5.56 Å². The monoisotopic (exact) mass is 268 g/mol. The van der Waals surface area contributed by atoms with Crippen molar-refractivity contribution in [3.63, 3.8) is 0 Å². The first-order valence-electron chi connectivity index (χ1n) is 6.43. The lowest BCUT2D eigenvalue weighted by Gasteiger charge is -2.01. The summed E-state index contributed by atoms with van der Waals surface area (Å²) in [6.45, 7) is 8.44. The Hall–Kier alpha value is -2.25. The van der Waals surface area contributed by atoms with Gasteiger partial charge in [0.15, 0.2) is 0 Å². The molecule has 2 aromatic rings. The number of pyridine rings is 2. The van der Waals surface area contributed by atoms with Crippen LogP contribution in [0.1, 0.15) is 33.6 Å². The predicted molar refractivity (Wildman–Crippen MR) is 80.0 cm³/mol. The van der Waals surface area contributed by atoms with E-state index in [1.165, 1.54) is 5.56 Å². The van der Waals surface area contributed by atoms with E-state index in [4.69, 9.17) is 11.0 Å². The van der Waals surface area contributed by atoms with Gasteiger partial charge in [0.1, 0.15) is 6.07 Å². The zero-order valence-corrected chi connectivity index (χ0v) is 12.4. The largest absolute Gasteiger partial charge is 0.326 e. The number of nitrogens with two attached hydrogens (primary N) is 1. The van der Waals surface area contributed by atoms with Gasteiger partial charge in [-0.05, 0) is 56.5 Å². The molecule has 20 heavy (non-hydrogen) atoms. The summed E-state index contributed by atoms with van der Waals surface area (Å²) in [4.78, 5) is 8.12. The van der Waals surface area contributed by atoms with Crippen molar-refractivity contribution in [3.05, 3.63) is 58.2 Å². The quantitative estimate of drug-likeness (QED) is 0.862. The Morgan fingerprint density at radius 2 is 1.55 bits per heavy atom.